The summed E-state index contributed by atoms with van der Waals surface area (Å²) in [7, 11) is -4.02. The number of halogens is 2. The second-order valence-electron chi connectivity index (χ2n) is 6.45. The van der Waals surface area contributed by atoms with Crippen LogP contribution in [0.25, 0.3) is 22.7 Å². The summed E-state index contributed by atoms with van der Waals surface area (Å²) in [6.07, 6.45) is 1.65. The summed E-state index contributed by atoms with van der Waals surface area (Å²) in [5, 5.41) is 10.0. The lowest BCUT2D eigenvalue weighted by molar-refractivity contribution is 0.484. The molecule has 4 aromatic rings. The Morgan fingerprint density at radius 1 is 1.13 bits per heavy atom. The van der Waals surface area contributed by atoms with E-state index in [1.54, 1.807) is 18.2 Å². The number of H-pyrrole nitrogens is 1. The summed E-state index contributed by atoms with van der Waals surface area (Å²) in [4.78, 5) is 7.55. The molecule has 0 fully saturated rings. The number of hydrogen-bond donors (Lipinski definition) is 1. The maximum Gasteiger partial charge on any atom is 0.339 e. The number of para-hydroxylation sites is 2. The van der Waals surface area contributed by atoms with E-state index in [0.29, 0.717) is 26.5 Å². The molecule has 3 aromatic carbocycles. The predicted molar refractivity (Wildman–Crippen MR) is 123 cm³/mol. The highest BCUT2D eigenvalue weighted by molar-refractivity contribution is 9.10. The maximum absolute atomic E-state index is 12.5. The van der Waals surface area contributed by atoms with Gasteiger partial charge in [-0.05, 0) is 76.1 Å². The van der Waals surface area contributed by atoms with Gasteiger partial charge in [0, 0.05) is 5.02 Å². The molecular formula is C22H13BrClN3O3S. The largest absolute Gasteiger partial charge is 0.378 e. The van der Waals surface area contributed by atoms with Crippen molar-refractivity contribution in [3.05, 3.63) is 87.6 Å². The van der Waals surface area contributed by atoms with Gasteiger partial charge in [-0.3, -0.25) is 0 Å². The molecule has 0 radical (unpaired) electrons. The fraction of sp³-hybridized carbons (Fsp3) is 0. The van der Waals surface area contributed by atoms with Crippen LogP contribution in [-0.4, -0.2) is 18.4 Å². The van der Waals surface area contributed by atoms with Crippen LogP contribution >= 0.6 is 27.5 Å². The number of aromatic amines is 1. The number of fused-ring (bicyclic) bond motifs is 1. The van der Waals surface area contributed by atoms with Gasteiger partial charge in [0.05, 0.1) is 21.1 Å². The zero-order valence-corrected chi connectivity index (χ0v) is 18.9. The van der Waals surface area contributed by atoms with Gasteiger partial charge in [0.2, 0.25) is 0 Å². The monoisotopic (exact) mass is 513 g/mol. The van der Waals surface area contributed by atoms with Crippen LogP contribution in [0.1, 0.15) is 11.4 Å². The van der Waals surface area contributed by atoms with Crippen molar-refractivity contribution in [2.45, 2.75) is 4.90 Å². The zero-order valence-electron chi connectivity index (χ0n) is 15.7. The molecule has 0 saturated heterocycles. The summed E-state index contributed by atoms with van der Waals surface area (Å²) in [6, 6.07) is 20.1. The number of nitriles is 1. The Morgan fingerprint density at radius 2 is 1.87 bits per heavy atom. The molecule has 6 nitrogen and oxygen atoms in total. The third-order valence-corrected chi connectivity index (χ3v) is 6.45. The predicted octanol–water partition coefficient (Wildman–Crippen LogP) is 5.81. The van der Waals surface area contributed by atoms with Crippen LogP contribution in [0, 0.1) is 11.3 Å². The van der Waals surface area contributed by atoms with Gasteiger partial charge in [0.15, 0.2) is 5.75 Å². The van der Waals surface area contributed by atoms with Crippen molar-refractivity contribution in [1.29, 1.82) is 5.26 Å². The first-order valence-electron chi connectivity index (χ1n) is 8.92. The van der Waals surface area contributed by atoms with Gasteiger partial charge in [-0.25, -0.2) is 4.98 Å². The molecule has 154 valence electrons. The number of aromatic nitrogens is 2. The summed E-state index contributed by atoms with van der Waals surface area (Å²) in [5.74, 6) is 0.569. The summed E-state index contributed by atoms with van der Waals surface area (Å²) < 4.78 is 30.6. The molecule has 4 rings (SSSR count). The zero-order chi connectivity index (χ0) is 22.0. The highest BCUT2D eigenvalue weighted by atomic mass is 79.9. The fourth-order valence-electron chi connectivity index (χ4n) is 2.84. The van der Waals surface area contributed by atoms with Crippen LogP contribution in [0.5, 0.6) is 5.75 Å². The van der Waals surface area contributed by atoms with Gasteiger partial charge >= 0.3 is 10.1 Å². The van der Waals surface area contributed by atoms with Crippen molar-refractivity contribution in [2.24, 2.45) is 0 Å². The van der Waals surface area contributed by atoms with Gasteiger partial charge in [-0.2, -0.15) is 13.7 Å². The standard InChI is InChI=1S/C22H13BrClN3O3S/c23-18-12-14(11-15(13-25)22-26-19-3-1-2-4-20(19)27-22)5-10-21(18)30-31(28,29)17-8-6-16(24)7-9-17/h1-12H,(H,26,27)/b15-11+. The molecule has 0 saturated carbocycles. The number of benzene rings is 3. The molecule has 9 heteroatoms. The Bertz CT molecular complexity index is 1420. The van der Waals surface area contributed by atoms with E-state index in [0.717, 1.165) is 11.0 Å². The summed E-state index contributed by atoms with van der Waals surface area (Å²) in [6.45, 7) is 0. The molecule has 0 spiro atoms. The maximum atomic E-state index is 12.5. The topological polar surface area (TPSA) is 95.8 Å². The average molecular weight is 515 g/mol. The highest BCUT2D eigenvalue weighted by Gasteiger charge is 2.18. The van der Waals surface area contributed by atoms with Crippen molar-refractivity contribution in [3.63, 3.8) is 0 Å². The quantitative estimate of drug-likeness (QED) is 0.268. The van der Waals surface area contributed by atoms with E-state index in [-0.39, 0.29) is 10.6 Å². The van der Waals surface area contributed by atoms with Gasteiger partial charge in [-0.15, -0.1) is 0 Å². The number of nitrogens with one attached hydrogen (secondary N) is 1. The smallest absolute Gasteiger partial charge is 0.339 e. The molecule has 1 aromatic heterocycles. The number of imidazole rings is 1. The van der Waals surface area contributed by atoms with E-state index in [4.69, 9.17) is 15.8 Å². The average Bonchev–Trinajstić information content (AvgIpc) is 3.18. The number of allylic oxidation sites excluding steroid dienone is 1. The van der Waals surface area contributed by atoms with Crippen LogP contribution in [0.2, 0.25) is 5.02 Å². The number of rotatable bonds is 5. The molecule has 0 bridgehead atoms. The fourth-order valence-corrected chi connectivity index (χ4v) is 4.50. The Labute approximate surface area is 192 Å². The van der Waals surface area contributed by atoms with Gasteiger partial charge in [0.25, 0.3) is 0 Å². The van der Waals surface area contributed by atoms with E-state index in [9.17, 15) is 13.7 Å². The minimum atomic E-state index is -4.02. The van der Waals surface area contributed by atoms with Crippen LogP contribution in [-0.2, 0) is 10.1 Å². The molecular weight excluding hydrogens is 502 g/mol. The van der Waals surface area contributed by atoms with E-state index >= 15 is 0 Å². The second-order valence-corrected chi connectivity index (χ2v) is 9.29. The highest BCUT2D eigenvalue weighted by Crippen LogP contribution is 2.30. The Hall–Kier alpha value is -3.12. The van der Waals surface area contributed by atoms with Crippen molar-refractivity contribution in [3.8, 4) is 11.8 Å². The van der Waals surface area contributed by atoms with Crippen LogP contribution in [0.3, 0.4) is 0 Å². The first-order valence-corrected chi connectivity index (χ1v) is 11.5. The third-order valence-electron chi connectivity index (χ3n) is 4.33. The molecule has 1 N–H and O–H groups in total. The van der Waals surface area contributed by atoms with E-state index in [2.05, 4.69) is 32.0 Å². The Kier molecular flexibility index (Phi) is 5.83. The molecule has 0 atom stereocenters. The Morgan fingerprint density at radius 3 is 2.55 bits per heavy atom. The summed E-state index contributed by atoms with van der Waals surface area (Å²) in [5.41, 5.74) is 2.60. The molecule has 1 heterocycles. The van der Waals surface area contributed by atoms with Crippen molar-refractivity contribution >= 4 is 60.3 Å². The summed E-state index contributed by atoms with van der Waals surface area (Å²) >= 11 is 9.14. The SMILES string of the molecule is N#C/C(=C\c1ccc(OS(=O)(=O)c2ccc(Cl)cc2)c(Br)c1)c1nc2ccccc2[nH]1. The molecule has 0 aliphatic carbocycles. The van der Waals surface area contributed by atoms with E-state index in [1.807, 2.05) is 24.3 Å². The van der Waals surface area contributed by atoms with Crippen molar-refractivity contribution < 1.29 is 12.6 Å². The molecule has 0 unspecified atom stereocenters. The molecule has 0 aliphatic rings. The van der Waals surface area contributed by atoms with E-state index in [1.165, 1.54) is 30.3 Å². The lowest BCUT2D eigenvalue weighted by atomic mass is 10.1. The Balaban J connectivity index is 1.62. The lowest BCUT2D eigenvalue weighted by Gasteiger charge is -2.09. The van der Waals surface area contributed by atoms with Gasteiger partial charge in [0.1, 0.15) is 16.8 Å². The first-order chi connectivity index (χ1) is 14.9. The number of hydrogen-bond acceptors (Lipinski definition) is 5. The van der Waals surface area contributed by atoms with Crippen molar-refractivity contribution in [2.75, 3.05) is 0 Å². The van der Waals surface area contributed by atoms with E-state index < -0.39 is 10.1 Å². The van der Waals surface area contributed by atoms with Gasteiger partial charge < -0.3 is 9.17 Å². The van der Waals surface area contributed by atoms with Crippen molar-refractivity contribution in [1.82, 2.24) is 9.97 Å². The normalized spacial score (nSPS) is 12.0. The molecule has 0 amide bonds. The van der Waals surface area contributed by atoms with Crippen LogP contribution in [0.15, 0.2) is 76.1 Å². The van der Waals surface area contributed by atoms with Crippen LogP contribution in [0.4, 0.5) is 0 Å². The minimum absolute atomic E-state index is 0.00979. The molecule has 0 aliphatic heterocycles. The third kappa shape index (κ3) is 4.64. The van der Waals surface area contributed by atoms with Gasteiger partial charge in [-0.1, -0.05) is 29.8 Å². The molecule has 31 heavy (non-hydrogen) atoms. The van der Waals surface area contributed by atoms with Crippen LogP contribution < -0.4 is 4.18 Å². The number of nitrogens with zero attached hydrogens (tertiary/aromatic N) is 2. The first kappa shape index (κ1) is 21.1. The lowest BCUT2D eigenvalue weighted by Crippen LogP contribution is -2.10. The second kappa shape index (κ2) is 8.55. The minimum Gasteiger partial charge on any atom is -0.378 e.